The van der Waals surface area contributed by atoms with Crippen LogP contribution in [0.4, 0.5) is 5.69 Å². The van der Waals surface area contributed by atoms with Crippen LogP contribution in [0, 0.1) is 11.8 Å². The van der Waals surface area contributed by atoms with E-state index in [0.717, 1.165) is 21.5 Å². The van der Waals surface area contributed by atoms with Crippen LogP contribution >= 0.6 is 11.3 Å². The molecule has 0 fully saturated rings. The van der Waals surface area contributed by atoms with Gasteiger partial charge in [0.15, 0.2) is 0 Å². The second-order valence-electron chi connectivity index (χ2n) is 5.43. The van der Waals surface area contributed by atoms with Gasteiger partial charge in [0.1, 0.15) is 0 Å². The van der Waals surface area contributed by atoms with Crippen LogP contribution in [0.3, 0.4) is 0 Å². The zero-order valence-corrected chi connectivity index (χ0v) is 14.4. The van der Waals surface area contributed by atoms with E-state index in [9.17, 15) is 4.79 Å². The van der Waals surface area contributed by atoms with E-state index in [-0.39, 0.29) is 5.91 Å². The predicted octanol–water partition coefficient (Wildman–Crippen LogP) is 3.14. The number of fused-ring (bicyclic) bond motifs is 1. The summed E-state index contributed by atoms with van der Waals surface area (Å²) in [4.78, 5) is 18.4. The molecule has 3 rings (SSSR count). The molecule has 4 nitrogen and oxygen atoms in total. The first kappa shape index (κ1) is 16.0. The number of nitrogens with one attached hydrogen (secondary N) is 1. The lowest BCUT2D eigenvalue weighted by molar-refractivity contribution is 0.0959. The minimum atomic E-state index is -0.125. The maximum atomic E-state index is 12.2. The van der Waals surface area contributed by atoms with Gasteiger partial charge < -0.3 is 10.2 Å². The van der Waals surface area contributed by atoms with Crippen molar-refractivity contribution in [2.45, 2.75) is 0 Å². The molecule has 5 heteroatoms. The van der Waals surface area contributed by atoms with Crippen molar-refractivity contribution in [2.75, 3.05) is 25.5 Å². The summed E-state index contributed by atoms with van der Waals surface area (Å²) in [5.41, 5.74) is 5.33. The van der Waals surface area contributed by atoms with Gasteiger partial charge in [-0.15, -0.1) is 11.3 Å². The number of anilines is 1. The molecule has 0 aliphatic carbocycles. The van der Waals surface area contributed by atoms with Gasteiger partial charge in [0.2, 0.25) is 0 Å². The average Bonchev–Trinajstić information content (AvgIpc) is 3.06. The molecule has 0 atom stereocenters. The summed E-state index contributed by atoms with van der Waals surface area (Å²) in [7, 11) is 3.97. The Hall–Kier alpha value is -2.84. The Morgan fingerprint density at radius 3 is 2.92 bits per heavy atom. The van der Waals surface area contributed by atoms with Crippen molar-refractivity contribution in [1.82, 2.24) is 10.3 Å². The first-order valence-electron chi connectivity index (χ1n) is 7.52. The Kier molecular flexibility index (Phi) is 4.78. The van der Waals surface area contributed by atoms with Crippen LogP contribution in [0.15, 0.2) is 48.0 Å². The average molecular weight is 335 g/mol. The van der Waals surface area contributed by atoms with Crippen LogP contribution in [0.5, 0.6) is 0 Å². The predicted molar refractivity (Wildman–Crippen MR) is 99.6 cm³/mol. The van der Waals surface area contributed by atoms with E-state index in [4.69, 9.17) is 0 Å². The Morgan fingerprint density at radius 1 is 1.25 bits per heavy atom. The van der Waals surface area contributed by atoms with Crippen molar-refractivity contribution >= 4 is 33.1 Å². The summed E-state index contributed by atoms with van der Waals surface area (Å²) in [6.45, 7) is 0.307. The van der Waals surface area contributed by atoms with Crippen LogP contribution in [0.1, 0.15) is 15.9 Å². The van der Waals surface area contributed by atoms with Crippen molar-refractivity contribution in [3.05, 3.63) is 59.1 Å². The van der Waals surface area contributed by atoms with Gasteiger partial charge in [0.05, 0.1) is 28.0 Å². The first-order chi connectivity index (χ1) is 11.6. The molecule has 120 valence electrons. The Balaban J connectivity index is 1.65. The fourth-order valence-electron chi connectivity index (χ4n) is 2.33. The second-order valence-corrected chi connectivity index (χ2v) is 6.32. The van der Waals surface area contributed by atoms with Gasteiger partial charge >= 0.3 is 0 Å². The number of rotatable bonds is 3. The van der Waals surface area contributed by atoms with Gasteiger partial charge in [0, 0.05) is 25.2 Å². The third-order valence-corrected chi connectivity index (χ3v) is 4.33. The standard InChI is InChI=1S/C19H17N3OS/c1-22(2)17-8-4-3-6-14(17)7-5-11-20-19(23)15-9-10-16-18(12-15)24-13-21-16/h3-4,6,8-10,12-13H,11H2,1-2H3,(H,20,23). The van der Waals surface area contributed by atoms with Crippen LogP contribution in [-0.2, 0) is 0 Å². The van der Waals surface area contributed by atoms with Crippen LogP contribution in [0.25, 0.3) is 10.2 Å². The number of nitrogens with zero attached hydrogens (tertiary/aromatic N) is 2. The van der Waals surface area contributed by atoms with Gasteiger partial charge in [-0.05, 0) is 30.3 Å². The lowest BCUT2D eigenvalue weighted by atomic mass is 10.1. The minimum absolute atomic E-state index is 0.125. The van der Waals surface area contributed by atoms with Crippen LogP contribution < -0.4 is 10.2 Å². The molecule has 1 amide bonds. The maximum absolute atomic E-state index is 12.2. The lowest BCUT2D eigenvalue weighted by Gasteiger charge is -2.13. The molecule has 0 bridgehead atoms. The molecule has 24 heavy (non-hydrogen) atoms. The maximum Gasteiger partial charge on any atom is 0.252 e. The topological polar surface area (TPSA) is 45.2 Å². The molecule has 0 unspecified atom stereocenters. The largest absolute Gasteiger partial charge is 0.377 e. The summed E-state index contributed by atoms with van der Waals surface area (Å²) in [6.07, 6.45) is 0. The fourth-order valence-corrected chi connectivity index (χ4v) is 3.05. The number of hydrogen-bond donors (Lipinski definition) is 1. The first-order valence-corrected chi connectivity index (χ1v) is 8.40. The van der Waals surface area contributed by atoms with E-state index in [1.165, 1.54) is 11.3 Å². The van der Waals surface area contributed by atoms with Gasteiger partial charge in [0.25, 0.3) is 5.91 Å². The van der Waals surface area contributed by atoms with Gasteiger partial charge in [-0.2, -0.15) is 0 Å². The SMILES string of the molecule is CN(C)c1ccccc1C#CCNC(=O)c1ccc2ncsc2c1. The molecule has 0 saturated heterocycles. The van der Waals surface area contributed by atoms with E-state index in [1.54, 1.807) is 11.6 Å². The third kappa shape index (κ3) is 3.55. The molecule has 1 aromatic heterocycles. The number of benzene rings is 2. The van der Waals surface area contributed by atoms with Crippen molar-refractivity contribution in [2.24, 2.45) is 0 Å². The second kappa shape index (κ2) is 7.16. The summed E-state index contributed by atoms with van der Waals surface area (Å²) in [6, 6.07) is 13.4. The molecular weight excluding hydrogens is 318 g/mol. The molecule has 0 aliphatic rings. The van der Waals surface area contributed by atoms with E-state index in [1.807, 2.05) is 55.4 Å². The lowest BCUT2D eigenvalue weighted by Crippen LogP contribution is -2.23. The van der Waals surface area contributed by atoms with E-state index in [2.05, 4.69) is 22.1 Å². The molecule has 0 saturated carbocycles. The summed E-state index contributed by atoms with van der Waals surface area (Å²) >= 11 is 1.53. The van der Waals surface area contributed by atoms with Gasteiger partial charge in [-0.1, -0.05) is 24.0 Å². The van der Waals surface area contributed by atoms with Gasteiger partial charge in [-0.25, -0.2) is 4.98 Å². The van der Waals surface area contributed by atoms with Gasteiger partial charge in [-0.3, -0.25) is 4.79 Å². The van der Waals surface area contributed by atoms with E-state index >= 15 is 0 Å². The normalized spacial score (nSPS) is 10.1. The number of carbonyl (C=O) groups excluding carboxylic acids is 1. The van der Waals surface area contributed by atoms with E-state index < -0.39 is 0 Å². The number of thiazole rings is 1. The number of aromatic nitrogens is 1. The monoisotopic (exact) mass is 335 g/mol. The molecule has 3 aromatic rings. The molecule has 1 heterocycles. The van der Waals surface area contributed by atoms with Crippen LogP contribution in [-0.4, -0.2) is 31.5 Å². The highest BCUT2D eigenvalue weighted by Gasteiger charge is 2.06. The molecule has 0 aliphatic heterocycles. The number of para-hydroxylation sites is 1. The summed E-state index contributed by atoms with van der Waals surface area (Å²) < 4.78 is 1.01. The summed E-state index contributed by atoms with van der Waals surface area (Å²) in [5.74, 6) is 6.00. The molecular formula is C19H17N3OS. The molecule has 0 radical (unpaired) electrons. The number of amides is 1. The summed E-state index contributed by atoms with van der Waals surface area (Å²) in [5, 5.41) is 2.83. The highest BCUT2D eigenvalue weighted by molar-refractivity contribution is 7.16. The van der Waals surface area contributed by atoms with Crippen molar-refractivity contribution < 1.29 is 4.79 Å². The Bertz CT molecular complexity index is 934. The highest BCUT2D eigenvalue weighted by Crippen LogP contribution is 2.19. The Labute approximate surface area is 145 Å². The minimum Gasteiger partial charge on any atom is -0.377 e. The third-order valence-electron chi connectivity index (χ3n) is 3.54. The van der Waals surface area contributed by atoms with E-state index in [0.29, 0.717) is 12.1 Å². The number of hydrogen-bond acceptors (Lipinski definition) is 4. The van der Waals surface area contributed by atoms with Crippen LogP contribution in [0.2, 0.25) is 0 Å². The van der Waals surface area contributed by atoms with Crippen molar-refractivity contribution in [3.63, 3.8) is 0 Å². The quantitative estimate of drug-likeness (QED) is 0.748. The van der Waals surface area contributed by atoms with Crippen molar-refractivity contribution in [1.29, 1.82) is 0 Å². The fraction of sp³-hybridized carbons (Fsp3) is 0.158. The number of carbonyl (C=O) groups is 1. The zero-order valence-electron chi connectivity index (χ0n) is 13.5. The Morgan fingerprint density at radius 2 is 2.08 bits per heavy atom. The van der Waals surface area contributed by atoms with Crippen molar-refractivity contribution in [3.8, 4) is 11.8 Å². The molecule has 1 N–H and O–H groups in total. The zero-order chi connectivity index (χ0) is 16.9. The highest BCUT2D eigenvalue weighted by atomic mass is 32.1. The molecule has 2 aromatic carbocycles. The molecule has 0 spiro atoms. The smallest absolute Gasteiger partial charge is 0.252 e.